The summed E-state index contributed by atoms with van der Waals surface area (Å²) >= 11 is 0. The van der Waals surface area contributed by atoms with E-state index >= 15 is 0 Å². The van der Waals surface area contributed by atoms with Gasteiger partial charge in [-0.3, -0.25) is 4.79 Å². The highest BCUT2D eigenvalue weighted by molar-refractivity contribution is 5.93. The lowest BCUT2D eigenvalue weighted by Gasteiger charge is -2.17. The molecular weight excluding hydrogens is 230 g/mol. The third-order valence-corrected chi connectivity index (χ3v) is 2.66. The largest absolute Gasteiger partial charge is 0.478 e. The molecule has 0 bridgehead atoms. The molecule has 1 N–H and O–H groups in total. The van der Waals surface area contributed by atoms with Gasteiger partial charge in [-0.15, -0.1) is 0 Å². The maximum atomic E-state index is 11.6. The van der Waals surface area contributed by atoms with E-state index in [0.29, 0.717) is 6.54 Å². The maximum Gasteiger partial charge on any atom is 0.328 e. The Balaban J connectivity index is 2.75. The normalized spacial score (nSPS) is 10.6. The molecule has 0 aliphatic carbocycles. The number of aliphatic carboxylic acids is 1. The monoisotopic (exact) mass is 247 g/mol. The average molecular weight is 247 g/mol. The number of carboxylic acids is 1. The maximum absolute atomic E-state index is 11.6. The summed E-state index contributed by atoms with van der Waals surface area (Å²) in [5.41, 5.74) is 3.31. The van der Waals surface area contributed by atoms with Gasteiger partial charge in [-0.05, 0) is 25.0 Å². The van der Waals surface area contributed by atoms with Gasteiger partial charge in [0.25, 0.3) is 0 Å². The molecule has 0 aliphatic rings. The molecule has 4 heteroatoms. The van der Waals surface area contributed by atoms with Crippen molar-refractivity contribution in [2.24, 2.45) is 0 Å². The molecule has 0 unspecified atom stereocenters. The number of nitrogens with zero attached hydrogens (tertiary/aromatic N) is 1. The summed E-state index contributed by atoms with van der Waals surface area (Å²) in [6, 6.07) is 6.06. The van der Waals surface area contributed by atoms with Crippen LogP contribution in [0.5, 0.6) is 0 Å². The molecule has 0 radical (unpaired) electrons. The van der Waals surface area contributed by atoms with Crippen molar-refractivity contribution in [3.63, 3.8) is 0 Å². The van der Waals surface area contributed by atoms with Gasteiger partial charge < -0.3 is 10.0 Å². The number of aryl methyl sites for hydroxylation is 2. The van der Waals surface area contributed by atoms with Crippen LogP contribution in [0.3, 0.4) is 0 Å². The molecule has 0 saturated carbocycles. The number of rotatable bonds is 4. The van der Waals surface area contributed by atoms with Gasteiger partial charge in [-0.25, -0.2) is 4.79 Å². The quantitative estimate of drug-likeness (QED) is 0.827. The van der Waals surface area contributed by atoms with Crippen molar-refractivity contribution in [2.45, 2.75) is 20.4 Å². The van der Waals surface area contributed by atoms with E-state index in [1.165, 1.54) is 4.90 Å². The average Bonchev–Trinajstić information content (AvgIpc) is 2.30. The van der Waals surface area contributed by atoms with Gasteiger partial charge in [0.1, 0.15) is 0 Å². The second kappa shape index (κ2) is 6.00. The second-order valence-electron chi connectivity index (χ2n) is 4.30. The van der Waals surface area contributed by atoms with Gasteiger partial charge in [-0.1, -0.05) is 23.8 Å². The lowest BCUT2D eigenvalue weighted by molar-refractivity contribution is -0.132. The minimum atomic E-state index is -1.12. The molecule has 0 spiro atoms. The summed E-state index contributed by atoms with van der Waals surface area (Å²) in [7, 11) is 1.65. The van der Waals surface area contributed by atoms with Crippen LogP contribution >= 0.6 is 0 Å². The van der Waals surface area contributed by atoms with Crippen molar-refractivity contribution >= 4 is 11.9 Å². The Morgan fingerprint density at radius 2 is 1.94 bits per heavy atom. The van der Waals surface area contributed by atoms with Crippen molar-refractivity contribution < 1.29 is 14.7 Å². The Labute approximate surface area is 107 Å². The second-order valence-corrected chi connectivity index (χ2v) is 4.30. The topological polar surface area (TPSA) is 57.6 Å². The Hall–Kier alpha value is -2.10. The first-order valence-electron chi connectivity index (χ1n) is 5.62. The van der Waals surface area contributed by atoms with Crippen molar-refractivity contribution in [1.82, 2.24) is 4.90 Å². The SMILES string of the molecule is Cc1ccc(C)c(CN(C)C(=O)/C=C/C(=O)O)c1. The zero-order valence-electron chi connectivity index (χ0n) is 10.8. The molecule has 1 aromatic rings. The van der Waals surface area contributed by atoms with Crippen LogP contribution in [-0.4, -0.2) is 28.9 Å². The molecule has 0 heterocycles. The lowest BCUT2D eigenvalue weighted by atomic mass is 10.1. The zero-order chi connectivity index (χ0) is 13.7. The third-order valence-electron chi connectivity index (χ3n) is 2.66. The van der Waals surface area contributed by atoms with Gasteiger partial charge in [0.2, 0.25) is 5.91 Å². The molecule has 0 aliphatic heterocycles. The molecule has 96 valence electrons. The molecule has 0 aromatic heterocycles. The first-order valence-corrected chi connectivity index (χ1v) is 5.62. The van der Waals surface area contributed by atoms with Crippen LogP contribution in [0.15, 0.2) is 30.4 Å². The van der Waals surface area contributed by atoms with Gasteiger partial charge in [0.05, 0.1) is 0 Å². The number of amides is 1. The molecule has 4 nitrogen and oxygen atoms in total. The van der Waals surface area contributed by atoms with Crippen LogP contribution in [0, 0.1) is 13.8 Å². The number of benzene rings is 1. The van der Waals surface area contributed by atoms with Crippen LogP contribution in [0.4, 0.5) is 0 Å². The van der Waals surface area contributed by atoms with Crippen LogP contribution < -0.4 is 0 Å². The van der Waals surface area contributed by atoms with Crippen LogP contribution in [0.25, 0.3) is 0 Å². The summed E-state index contributed by atoms with van der Waals surface area (Å²) < 4.78 is 0. The number of carboxylic acid groups (broad SMARTS) is 1. The van der Waals surface area contributed by atoms with Crippen LogP contribution in [0.2, 0.25) is 0 Å². The Morgan fingerprint density at radius 1 is 1.28 bits per heavy atom. The summed E-state index contributed by atoms with van der Waals surface area (Å²) in [6.07, 6.45) is 1.91. The Bertz CT molecular complexity index is 492. The van der Waals surface area contributed by atoms with Gasteiger partial charge in [0.15, 0.2) is 0 Å². The van der Waals surface area contributed by atoms with Crippen molar-refractivity contribution in [3.05, 3.63) is 47.0 Å². The number of hydrogen-bond donors (Lipinski definition) is 1. The molecule has 1 amide bonds. The number of likely N-dealkylation sites (N-methyl/N-ethyl adjacent to an activating group) is 1. The van der Waals surface area contributed by atoms with E-state index in [0.717, 1.165) is 28.8 Å². The highest BCUT2D eigenvalue weighted by Crippen LogP contribution is 2.12. The van der Waals surface area contributed by atoms with E-state index < -0.39 is 5.97 Å². The first-order chi connectivity index (χ1) is 8.40. The van der Waals surface area contributed by atoms with Crippen LogP contribution in [-0.2, 0) is 16.1 Å². The van der Waals surface area contributed by atoms with E-state index in [9.17, 15) is 9.59 Å². The molecule has 0 fully saturated rings. The van der Waals surface area contributed by atoms with E-state index in [1.807, 2.05) is 32.0 Å². The fourth-order valence-electron chi connectivity index (χ4n) is 1.57. The van der Waals surface area contributed by atoms with Crippen LogP contribution in [0.1, 0.15) is 16.7 Å². The fraction of sp³-hybridized carbons (Fsp3) is 0.286. The summed E-state index contributed by atoms with van der Waals surface area (Å²) in [4.78, 5) is 23.4. The zero-order valence-corrected chi connectivity index (χ0v) is 10.8. The summed E-state index contributed by atoms with van der Waals surface area (Å²) in [6.45, 7) is 4.45. The predicted octanol–water partition coefficient (Wildman–Crippen LogP) is 1.90. The first kappa shape index (κ1) is 14.0. The highest BCUT2D eigenvalue weighted by Gasteiger charge is 2.08. The van der Waals surface area contributed by atoms with Crippen molar-refractivity contribution in [1.29, 1.82) is 0 Å². The minimum Gasteiger partial charge on any atom is -0.478 e. The molecule has 0 atom stereocenters. The summed E-state index contributed by atoms with van der Waals surface area (Å²) in [5.74, 6) is -1.44. The Kier molecular flexibility index (Phi) is 4.66. The van der Waals surface area contributed by atoms with E-state index in [1.54, 1.807) is 7.05 Å². The van der Waals surface area contributed by atoms with E-state index in [-0.39, 0.29) is 5.91 Å². The highest BCUT2D eigenvalue weighted by atomic mass is 16.4. The van der Waals surface area contributed by atoms with Crippen molar-refractivity contribution in [2.75, 3.05) is 7.05 Å². The predicted molar refractivity (Wildman–Crippen MR) is 69.2 cm³/mol. The summed E-state index contributed by atoms with van der Waals surface area (Å²) in [5, 5.41) is 8.46. The number of carbonyl (C=O) groups excluding carboxylic acids is 1. The lowest BCUT2D eigenvalue weighted by Crippen LogP contribution is -2.24. The standard InChI is InChI=1S/C14H17NO3/c1-10-4-5-11(2)12(8-10)9-15(3)13(16)6-7-14(17)18/h4-8H,9H2,1-3H3,(H,17,18)/b7-6+. The van der Waals surface area contributed by atoms with Crippen molar-refractivity contribution in [3.8, 4) is 0 Å². The third kappa shape index (κ3) is 4.05. The fourth-order valence-corrected chi connectivity index (χ4v) is 1.57. The molecule has 0 saturated heterocycles. The van der Waals surface area contributed by atoms with Gasteiger partial charge >= 0.3 is 5.97 Å². The molecule has 1 rings (SSSR count). The molecule has 18 heavy (non-hydrogen) atoms. The smallest absolute Gasteiger partial charge is 0.328 e. The van der Waals surface area contributed by atoms with Gasteiger partial charge in [0, 0.05) is 25.7 Å². The van der Waals surface area contributed by atoms with E-state index in [2.05, 4.69) is 0 Å². The number of hydrogen-bond acceptors (Lipinski definition) is 2. The van der Waals surface area contributed by atoms with E-state index in [4.69, 9.17) is 5.11 Å². The number of carbonyl (C=O) groups is 2. The minimum absolute atomic E-state index is 0.321. The Morgan fingerprint density at radius 3 is 2.56 bits per heavy atom. The molecule has 1 aromatic carbocycles. The molecular formula is C14H17NO3. The van der Waals surface area contributed by atoms with Gasteiger partial charge in [-0.2, -0.15) is 0 Å².